The number of anilines is 2. The van der Waals surface area contributed by atoms with Gasteiger partial charge >= 0.3 is 6.18 Å². The average molecular weight is 453 g/mol. The van der Waals surface area contributed by atoms with Crippen LogP contribution in [-0.2, 0) is 0 Å². The number of fused-ring (bicyclic) bond motifs is 1. The molecule has 1 aliphatic rings. The lowest BCUT2D eigenvalue weighted by molar-refractivity contribution is -0.174. The molecule has 0 saturated heterocycles. The Hall–Kier alpha value is -2.94. The molecule has 4 rings (SSSR count). The SMILES string of the molecule is CC(C)c1cccc(NC(=O)c2nn3c(c2Cl)N[C@H](c2ccco2)C[C@@H]3C(F)(F)F)c1. The van der Waals surface area contributed by atoms with E-state index in [4.69, 9.17) is 16.0 Å². The fraction of sp³-hybridized carbons (Fsp3) is 0.333. The summed E-state index contributed by atoms with van der Waals surface area (Å²) in [6, 6.07) is 7.67. The highest BCUT2D eigenvalue weighted by molar-refractivity contribution is 6.36. The van der Waals surface area contributed by atoms with E-state index in [1.165, 1.54) is 6.26 Å². The van der Waals surface area contributed by atoms with Gasteiger partial charge in [0.15, 0.2) is 11.7 Å². The quantitative estimate of drug-likeness (QED) is 0.497. The number of alkyl halides is 3. The molecule has 0 aliphatic carbocycles. The topological polar surface area (TPSA) is 72.1 Å². The summed E-state index contributed by atoms with van der Waals surface area (Å²) in [6.07, 6.45) is -3.55. The molecule has 31 heavy (non-hydrogen) atoms. The molecule has 0 spiro atoms. The Kier molecular flexibility index (Phi) is 5.47. The van der Waals surface area contributed by atoms with Crippen molar-refractivity contribution in [3.63, 3.8) is 0 Å². The predicted molar refractivity (Wildman–Crippen MR) is 111 cm³/mol. The zero-order valence-corrected chi connectivity index (χ0v) is 17.5. The monoisotopic (exact) mass is 452 g/mol. The fourth-order valence-electron chi connectivity index (χ4n) is 3.58. The van der Waals surface area contributed by atoms with Crippen molar-refractivity contribution >= 4 is 29.0 Å². The largest absolute Gasteiger partial charge is 0.467 e. The number of rotatable bonds is 4. The van der Waals surface area contributed by atoms with Crippen LogP contribution in [0.4, 0.5) is 24.7 Å². The van der Waals surface area contributed by atoms with E-state index in [9.17, 15) is 18.0 Å². The molecular weight excluding hydrogens is 433 g/mol. The predicted octanol–water partition coefficient (Wildman–Crippen LogP) is 6.17. The van der Waals surface area contributed by atoms with Crippen LogP contribution in [0.1, 0.15) is 60.1 Å². The first-order valence-electron chi connectivity index (χ1n) is 9.71. The summed E-state index contributed by atoms with van der Waals surface area (Å²) in [7, 11) is 0. The van der Waals surface area contributed by atoms with Crippen LogP contribution in [0.25, 0.3) is 0 Å². The average Bonchev–Trinajstić information content (AvgIpc) is 3.35. The summed E-state index contributed by atoms with van der Waals surface area (Å²) < 4.78 is 47.4. The number of hydrogen-bond acceptors (Lipinski definition) is 4. The van der Waals surface area contributed by atoms with Crippen molar-refractivity contribution in [2.75, 3.05) is 10.6 Å². The Labute approximate surface area is 181 Å². The smallest absolute Gasteiger partial charge is 0.410 e. The molecule has 164 valence electrons. The minimum absolute atomic E-state index is 0.0716. The van der Waals surface area contributed by atoms with Crippen molar-refractivity contribution in [1.29, 1.82) is 0 Å². The Bertz CT molecular complexity index is 1090. The number of carbonyl (C=O) groups excluding carboxylic acids is 1. The normalized spacial score (nSPS) is 18.5. The molecule has 3 aromatic rings. The van der Waals surface area contributed by atoms with Gasteiger partial charge in [0.25, 0.3) is 5.91 Å². The van der Waals surface area contributed by atoms with Crippen LogP contribution in [0.15, 0.2) is 47.1 Å². The molecule has 1 aromatic carbocycles. The zero-order chi connectivity index (χ0) is 22.3. The third-order valence-electron chi connectivity index (χ3n) is 5.21. The van der Waals surface area contributed by atoms with Crippen molar-refractivity contribution in [2.45, 2.75) is 44.4 Å². The van der Waals surface area contributed by atoms with Gasteiger partial charge < -0.3 is 15.1 Å². The van der Waals surface area contributed by atoms with Crippen LogP contribution in [0.3, 0.4) is 0 Å². The standard InChI is InChI=1S/C21H20ClF3N4O2/c1-11(2)12-5-3-6-13(9-12)26-20(30)18-17(22)19-27-14(15-7-4-8-31-15)10-16(21(23,24)25)29(19)28-18/h3-9,11,14,16,27H,10H2,1-2H3,(H,26,30)/t14-,16+/m0/s1. The summed E-state index contributed by atoms with van der Waals surface area (Å²) in [5.41, 5.74) is 1.23. The van der Waals surface area contributed by atoms with E-state index in [-0.39, 0.29) is 28.9 Å². The zero-order valence-electron chi connectivity index (χ0n) is 16.7. The first-order chi connectivity index (χ1) is 14.6. The lowest BCUT2D eigenvalue weighted by Crippen LogP contribution is -2.35. The van der Waals surface area contributed by atoms with E-state index in [0.29, 0.717) is 11.4 Å². The summed E-state index contributed by atoms with van der Waals surface area (Å²) in [6.45, 7) is 4.03. The first-order valence-corrected chi connectivity index (χ1v) is 10.1. The Morgan fingerprint density at radius 3 is 2.74 bits per heavy atom. The van der Waals surface area contributed by atoms with Gasteiger partial charge in [-0.25, -0.2) is 4.68 Å². The van der Waals surface area contributed by atoms with E-state index in [1.54, 1.807) is 30.3 Å². The number of halogens is 4. The molecule has 0 radical (unpaired) electrons. The second kappa shape index (κ2) is 7.96. The van der Waals surface area contributed by atoms with Crippen molar-refractivity contribution in [1.82, 2.24) is 9.78 Å². The Morgan fingerprint density at radius 2 is 2.10 bits per heavy atom. The molecule has 0 unspecified atom stereocenters. The van der Waals surface area contributed by atoms with E-state index >= 15 is 0 Å². The maximum atomic E-state index is 13.8. The molecule has 0 saturated carbocycles. The van der Waals surface area contributed by atoms with Crippen molar-refractivity contribution in [3.8, 4) is 0 Å². The minimum atomic E-state index is -4.59. The number of amides is 1. The van der Waals surface area contributed by atoms with Crippen LogP contribution in [-0.4, -0.2) is 21.9 Å². The van der Waals surface area contributed by atoms with E-state index in [1.807, 2.05) is 19.9 Å². The minimum Gasteiger partial charge on any atom is -0.467 e. The van der Waals surface area contributed by atoms with Crippen molar-refractivity contribution in [3.05, 3.63) is 64.7 Å². The number of nitrogens with zero attached hydrogens (tertiary/aromatic N) is 2. The lowest BCUT2D eigenvalue weighted by atomic mass is 10.0. The van der Waals surface area contributed by atoms with Gasteiger partial charge in [-0.1, -0.05) is 37.6 Å². The summed E-state index contributed by atoms with van der Waals surface area (Å²) in [4.78, 5) is 12.8. The first kappa shape index (κ1) is 21.3. The molecule has 1 aliphatic heterocycles. The molecular formula is C21H20ClF3N4O2. The molecule has 2 atom stereocenters. The third-order valence-corrected chi connectivity index (χ3v) is 5.57. The number of carbonyl (C=O) groups is 1. The van der Waals surface area contributed by atoms with Gasteiger partial charge in [0.05, 0.1) is 12.3 Å². The van der Waals surface area contributed by atoms with Crippen molar-refractivity contribution < 1.29 is 22.4 Å². The van der Waals surface area contributed by atoms with Gasteiger partial charge in [-0.2, -0.15) is 18.3 Å². The third kappa shape index (κ3) is 4.14. The molecule has 2 aromatic heterocycles. The highest BCUT2D eigenvalue weighted by Gasteiger charge is 2.48. The molecule has 1 amide bonds. The number of aromatic nitrogens is 2. The van der Waals surface area contributed by atoms with Crippen LogP contribution in [0.2, 0.25) is 5.02 Å². The van der Waals surface area contributed by atoms with E-state index < -0.39 is 24.2 Å². The van der Waals surface area contributed by atoms with Crippen LogP contribution in [0, 0.1) is 0 Å². The molecule has 6 nitrogen and oxygen atoms in total. The summed E-state index contributed by atoms with van der Waals surface area (Å²) >= 11 is 6.32. The molecule has 2 N–H and O–H groups in total. The van der Waals surface area contributed by atoms with Crippen LogP contribution < -0.4 is 10.6 Å². The van der Waals surface area contributed by atoms with Gasteiger partial charge in [0.1, 0.15) is 16.6 Å². The maximum absolute atomic E-state index is 13.8. The highest BCUT2D eigenvalue weighted by Crippen LogP contribution is 2.46. The van der Waals surface area contributed by atoms with Crippen molar-refractivity contribution in [2.24, 2.45) is 0 Å². The van der Waals surface area contributed by atoms with Crippen LogP contribution >= 0.6 is 11.6 Å². The highest BCUT2D eigenvalue weighted by atomic mass is 35.5. The maximum Gasteiger partial charge on any atom is 0.410 e. The number of furan rings is 1. The molecule has 3 heterocycles. The van der Waals surface area contributed by atoms with E-state index in [0.717, 1.165) is 10.2 Å². The molecule has 0 fully saturated rings. The Balaban J connectivity index is 1.67. The molecule has 0 bridgehead atoms. The van der Waals surface area contributed by atoms with Gasteiger partial charge in [0, 0.05) is 12.1 Å². The lowest BCUT2D eigenvalue weighted by Gasteiger charge is -2.32. The van der Waals surface area contributed by atoms with Gasteiger partial charge in [-0.15, -0.1) is 0 Å². The summed E-state index contributed by atoms with van der Waals surface area (Å²) in [5, 5.41) is 9.35. The van der Waals surface area contributed by atoms with Gasteiger partial charge in [0.2, 0.25) is 0 Å². The van der Waals surface area contributed by atoms with Crippen LogP contribution in [0.5, 0.6) is 0 Å². The number of nitrogens with one attached hydrogen (secondary N) is 2. The summed E-state index contributed by atoms with van der Waals surface area (Å²) in [5.74, 6) is -0.173. The Morgan fingerprint density at radius 1 is 1.32 bits per heavy atom. The second-order valence-corrected chi connectivity index (χ2v) is 8.07. The van der Waals surface area contributed by atoms with Gasteiger partial charge in [-0.3, -0.25) is 4.79 Å². The fourth-order valence-corrected chi connectivity index (χ4v) is 3.84. The number of benzene rings is 1. The molecule has 10 heteroatoms. The van der Waals surface area contributed by atoms with Gasteiger partial charge in [-0.05, 0) is 35.7 Å². The number of hydrogen-bond donors (Lipinski definition) is 2. The van der Waals surface area contributed by atoms with E-state index in [2.05, 4.69) is 15.7 Å². The second-order valence-electron chi connectivity index (χ2n) is 7.70.